The Labute approximate surface area is 176 Å². The number of carbonyl (C=O) groups is 2. The van der Waals surface area contributed by atoms with Crippen LogP contribution in [0.2, 0.25) is 0 Å². The van der Waals surface area contributed by atoms with E-state index < -0.39 is 12.1 Å². The molecule has 0 bridgehead atoms. The normalized spacial score (nSPS) is 16.7. The van der Waals surface area contributed by atoms with Crippen LogP contribution in [0.4, 0.5) is 5.13 Å². The minimum atomic E-state index is -0.867. The van der Waals surface area contributed by atoms with Crippen LogP contribution in [-0.2, 0) is 22.4 Å². The highest BCUT2D eigenvalue weighted by Crippen LogP contribution is 2.34. The van der Waals surface area contributed by atoms with Gasteiger partial charge in [0.05, 0.1) is 11.3 Å². The van der Waals surface area contributed by atoms with Crippen LogP contribution in [0, 0.1) is 6.92 Å². The Balaban J connectivity index is 1.28. The topological polar surface area (TPSA) is 86.8 Å². The molecule has 1 amide bonds. The van der Waals surface area contributed by atoms with Gasteiger partial charge in [-0.15, -0.1) is 11.3 Å². The van der Waals surface area contributed by atoms with Crippen molar-refractivity contribution in [2.45, 2.75) is 25.9 Å². The first kappa shape index (κ1) is 18.6. The second kappa shape index (κ2) is 7.46. The van der Waals surface area contributed by atoms with Gasteiger partial charge in [-0.25, -0.2) is 9.78 Å². The lowest BCUT2D eigenvalue weighted by molar-refractivity contribution is -0.125. The second-order valence-corrected chi connectivity index (χ2v) is 8.22. The molecule has 1 aromatic heterocycles. The number of hydrogen-bond donors (Lipinski definition) is 1. The van der Waals surface area contributed by atoms with Crippen molar-refractivity contribution in [3.8, 4) is 11.5 Å². The van der Waals surface area contributed by atoms with Gasteiger partial charge in [-0.3, -0.25) is 10.1 Å². The van der Waals surface area contributed by atoms with Crippen molar-refractivity contribution < 1.29 is 23.8 Å². The molecule has 1 unspecified atom stereocenters. The fourth-order valence-electron chi connectivity index (χ4n) is 3.55. The van der Waals surface area contributed by atoms with Gasteiger partial charge >= 0.3 is 5.97 Å². The average Bonchev–Trinajstić information content (AvgIpc) is 3.34. The summed E-state index contributed by atoms with van der Waals surface area (Å²) in [5, 5.41) is 3.29. The van der Waals surface area contributed by atoms with E-state index in [0.29, 0.717) is 23.5 Å². The molecule has 2 aromatic carbocycles. The molecule has 0 aliphatic carbocycles. The minimum Gasteiger partial charge on any atom is -0.454 e. The number of carbonyl (C=O) groups excluding carboxylic acids is 2. The molecule has 8 heteroatoms. The molecule has 0 fully saturated rings. The summed E-state index contributed by atoms with van der Waals surface area (Å²) < 4.78 is 16.1. The smallest absolute Gasteiger partial charge is 0.339 e. The number of aryl methyl sites for hydroxylation is 1. The Bertz CT molecular complexity index is 1160. The van der Waals surface area contributed by atoms with Gasteiger partial charge in [0.2, 0.25) is 6.79 Å². The molecule has 3 aromatic rings. The number of esters is 1. The van der Waals surface area contributed by atoms with E-state index in [2.05, 4.69) is 10.3 Å². The third kappa shape index (κ3) is 3.50. The van der Waals surface area contributed by atoms with Crippen molar-refractivity contribution in [1.82, 2.24) is 4.98 Å². The maximum absolute atomic E-state index is 12.7. The first-order valence-electron chi connectivity index (χ1n) is 9.51. The number of rotatable bonds is 4. The molecule has 2 aliphatic rings. The van der Waals surface area contributed by atoms with Gasteiger partial charge in [-0.1, -0.05) is 24.3 Å². The van der Waals surface area contributed by atoms with Gasteiger partial charge in [0.25, 0.3) is 5.91 Å². The number of cyclic esters (lactones) is 1. The standard InChI is InChI=1S/C22H18N2O5S/c1-12-19(9-13-6-7-16-17(8-13)28-11-27-16)30-22(23-12)24-20(25)18-10-14-4-2-3-5-15(14)21(26)29-18/h2-8,18H,9-11H2,1H3,(H,23,24,25). The molecule has 1 N–H and O–H groups in total. The molecular formula is C22H18N2O5S. The van der Waals surface area contributed by atoms with E-state index in [-0.39, 0.29) is 12.7 Å². The van der Waals surface area contributed by atoms with Crippen LogP contribution in [0.15, 0.2) is 42.5 Å². The van der Waals surface area contributed by atoms with Crippen LogP contribution in [0.25, 0.3) is 0 Å². The summed E-state index contributed by atoms with van der Waals surface area (Å²) in [5.74, 6) is 0.635. The van der Waals surface area contributed by atoms with E-state index in [1.807, 2.05) is 37.3 Å². The van der Waals surface area contributed by atoms with Gasteiger partial charge < -0.3 is 14.2 Å². The lowest BCUT2D eigenvalue weighted by Crippen LogP contribution is -2.37. The molecule has 152 valence electrons. The van der Waals surface area contributed by atoms with Crippen molar-refractivity contribution in [2.75, 3.05) is 12.1 Å². The maximum Gasteiger partial charge on any atom is 0.339 e. The SMILES string of the molecule is Cc1nc(NC(=O)C2Cc3ccccc3C(=O)O2)sc1Cc1ccc2c(c1)OCO2. The number of hydrogen-bond acceptors (Lipinski definition) is 7. The number of nitrogens with one attached hydrogen (secondary N) is 1. The Morgan fingerprint density at radius 1 is 1.20 bits per heavy atom. The molecule has 0 radical (unpaired) electrons. The van der Waals surface area contributed by atoms with Crippen molar-refractivity contribution in [1.29, 1.82) is 0 Å². The van der Waals surface area contributed by atoms with E-state index >= 15 is 0 Å². The maximum atomic E-state index is 12.7. The molecule has 3 heterocycles. The highest BCUT2D eigenvalue weighted by atomic mass is 32.1. The summed E-state index contributed by atoms with van der Waals surface area (Å²) in [6.07, 6.45) is 0.151. The Morgan fingerprint density at radius 2 is 2.03 bits per heavy atom. The first-order chi connectivity index (χ1) is 14.6. The van der Waals surface area contributed by atoms with Gasteiger partial charge in [0.1, 0.15) is 0 Å². The van der Waals surface area contributed by atoms with Crippen LogP contribution in [0.3, 0.4) is 0 Å². The fraction of sp³-hybridized carbons (Fsp3) is 0.227. The van der Waals surface area contributed by atoms with Crippen molar-refractivity contribution in [2.24, 2.45) is 0 Å². The number of anilines is 1. The van der Waals surface area contributed by atoms with Crippen LogP contribution in [0.5, 0.6) is 11.5 Å². The summed E-state index contributed by atoms with van der Waals surface area (Å²) in [6, 6.07) is 13.0. The number of benzene rings is 2. The lowest BCUT2D eigenvalue weighted by atomic mass is 9.98. The van der Waals surface area contributed by atoms with E-state index in [4.69, 9.17) is 14.2 Å². The minimum absolute atomic E-state index is 0.241. The molecule has 0 saturated carbocycles. The zero-order valence-corrected chi connectivity index (χ0v) is 17.0. The van der Waals surface area contributed by atoms with Crippen LogP contribution >= 0.6 is 11.3 Å². The van der Waals surface area contributed by atoms with Crippen LogP contribution < -0.4 is 14.8 Å². The Hall–Kier alpha value is -3.39. The quantitative estimate of drug-likeness (QED) is 0.648. The van der Waals surface area contributed by atoms with Crippen molar-refractivity contribution in [3.63, 3.8) is 0 Å². The predicted octanol–water partition coefficient (Wildman–Crippen LogP) is 3.49. The molecule has 2 aliphatic heterocycles. The molecule has 7 nitrogen and oxygen atoms in total. The summed E-state index contributed by atoms with van der Waals surface area (Å²) in [6.45, 7) is 2.15. The molecule has 0 spiro atoms. The van der Waals surface area contributed by atoms with Gasteiger partial charge in [0.15, 0.2) is 22.7 Å². The van der Waals surface area contributed by atoms with E-state index in [9.17, 15) is 9.59 Å². The van der Waals surface area contributed by atoms with Gasteiger partial charge in [-0.2, -0.15) is 0 Å². The fourth-order valence-corrected chi connectivity index (χ4v) is 4.55. The predicted molar refractivity (Wildman–Crippen MR) is 110 cm³/mol. The van der Waals surface area contributed by atoms with Crippen molar-refractivity contribution in [3.05, 3.63) is 69.7 Å². The summed E-state index contributed by atoms with van der Waals surface area (Å²) in [7, 11) is 0. The highest BCUT2D eigenvalue weighted by Gasteiger charge is 2.31. The van der Waals surface area contributed by atoms with Gasteiger partial charge in [-0.05, 0) is 36.2 Å². The van der Waals surface area contributed by atoms with Crippen LogP contribution in [0.1, 0.15) is 32.1 Å². The second-order valence-electron chi connectivity index (χ2n) is 7.14. The van der Waals surface area contributed by atoms with E-state index in [1.54, 1.807) is 12.1 Å². The largest absolute Gasteiger partial charge is 0.454 e. The molecule has 5 rings (SSSR count). The zero-order chi connectivity index (χ0) is 20.7. The summed E-state index contributed by atoms with van der Waals surface area (Å²) in [4.78, 5) is 30.3. The number of thiazole rings is 1. The van der Waals surface area contributed by atoms with Crippen LogP contribution in [-0.4, -0.2) is 29.8 Å². The monoisotopic (exact) mass is 422 g/mol. The van der Waals surface area contributed by atoms with Gasteiger partial charge in [0, 0.05) is 17.7 Å². The number of fused-ring (bicyclic) bond motifs is 2. The number of nitrogens with zero attached hydrogens (tertiary/aromatic N) is 1. The lowest BCUT2D eigenvalue weighted by Gasteiger charge is -2.23. The molecular weight excluding hydrogens is 404 g/mol. The summed E-state index contributed by atoms with van der Waals surface area (Å²) >= 11 is 1.41. The summed E-state index contributed by atoms with van der Waals surface area (Å²) in [5.41, 5.74) is 3.24. The number of amides is 1. The third-order valence-electron chi connectivity index (χ3n) is 5.11. The third-order valence-corrected chi connectivity index (χ3v) is 6.18. The number of ether oxygens (including phenoxy) is 3. The molecule has 30 heavy (non-hydrogen) atoms. The van der Waals surface area contributed by atoms with E-state index in [0.717, 1.165) is 33.2 Å². The first-order valence-corrected chi connectivity index (χ1v) is 10.3. The van der Waals surface area contributed by atoms with Crippen molar-refractivity contribution >= 4 is 28.3 Å². The molecule has 0 saturated heterocycles. The highest BCUT2D eigenvalue weighted by molar-refractivity contribution is 7.15. The Kier molecular flexibility index (Phi) is 4.63. The van der Waals surface area contributed by atoms with E-state index in [1.165, 1.54) is 11.3 Å². The number of aromatic nitrogens is 1. The zero-order valence-electron chi connectivity index (χ0n) is 16.1. The average molecular weight is 422 g/mol. The molecule has 1 atom stereocenters. The Morgan fingerprint density at radius 3 is 2.93 bits per heavy atom.